The Morgan fingerprint density at radius 3 is 2.49 bits per heavy atom. The molecule has 0 saturated carbocycles. The third-order valence-corrected chi connectivity index (χ3v) is 5.24. The topological polar surface area (TPSA) is 149 Å². The molecule has 0 bridgehead atoms. The van der Waals surface area contributed by atoms with Crippen molar-refractivity contribution in [2.75, 3.05) is 16.8 Å². The number of nitrogens with zero attached hydrogens (tertiary/aromatic N) is 5. The van der Waals surface area contributed by atoms with E-state index in [0.717, 1.165) is 22.8 Å². The van der Waals surface area contributed by atoms with Gasteiger partial charge in [-0.1, -0.05) is 19.4 Å². The Morgan fingerprint density at radius 1 is 1.11 bits per heavy atom. The molecule has 12 heteroatoms. The predicted molar refractivity (Wildman–Crippen MR) is 124 cm³/mol. The molecule has 0 aliphatic rings. The van der Waals surface area contributed by atoms with E-state index in [0.29, 0.717) is 18.9 Å². The first-order chi connectivity index (χ1) is 16.7. The monoisotopic (exact) mass is 480 g/mol. The van der Waals surface area contributed by atoms with Gasteiger partial charge in [0.25, 0.3) is 5.56 Å². The summed E-state index contributed by atoms with van der Waals surface area (Å²) in [6.07, 6.45) is 0.893. The standard InChI is InChI=1S/C23H19F3N8O/c1-2-4-17(30-20-14(10-27)19(28)32-23(29)33-20)21-31-16-6-3-5-15(26)18(16)22(35)34(21)13-8-11(24)7-12(25)9-13/h3,5-9,17H,2,4H2,1H3,(H5,28,29,30,32,33). The van der Waals surface area contributed by atoms with Crippen molar-refractivity contribution in [1.29, 1.82) is 5.26 Å². The van der Waals surface area contributed by atoms with Crippen molar-refractivity contribution < 1.29 is 13.2 Å². The lowest BCUT2D eigenvalue weighted by atomic mass is 10.1. The lowest BCUT2D eigenvalue weighted by Gasteiger charge is -2.23. The molecule has 0 aliphatic carbocycles. The molecule has 0 spiro atoms. The first-order valence-electron chi connectivity index (χ1n) is 10.5. The molecule has 9 nitrogen and oxygen atoms in total. The first-order valence-corrected chi connectivity index (χ1v) is 10.5. The molecule has 2 aromatic carbocycles. The van der Waals surface area contributed by atoms with Crippen LogP contribution in [-0.4, -0.2) is 19.5 Å². The molecular formula is C23H19F3N8O. The minimum absolute atomic E-state index is 0.0125. The van der Waals surface area contributed by atoms with Gasteiger partial charge >= 0.3 is 0 Å². The van der Waals surface area contributed by atoms with Crippen molar-refractivity contribution in [1.82, 2.24) is 19.5 Å². The number of halogens is 3. The average molecular weight is 480 g/mol. The Morgan fingerprint density at radius 2 is 1.83 bits per heavy atom. The molecule has 0 aliphatic heterocycles. The van der Waals surface area contributed by atoms with Gasteiger partial charge in [-0.2, -0.15) is 15.2 Å². The zero-order valence-electron chi connectivity index (χ0n) is 18.4. The summed E-state index contributed by atoms with van der Waals surface area (Å²) in [4.78, 5) is 25.8. The van der Waals surface area contributed by atoms with Crippen LogP contribution in [0.25, 0.3) is 16.6 Å². The molecule has 2 heterocycles. The highest BCUT2D eigenvalue weighted by Crippen LogP contribution is 2.28. The van der Waals surface area contributed by atoms with Crippen molar-refractivity contribution in [2.45, 2.75) is 25.8 Å². The number of fused-ring (bicyclic) bond motifs is 1. The fourth-order valence-corrected chi connectivity index (χ4v) is 3.79. The van der Waals surface area contributed by atoms with E-state index in [1.54, 1.807) is 0 Å². The van der Waals surface area contributed by atoms with Gasteiger partial charge in [-0.3, -0.25) is 9.36 Å². The van der Waals surface area contributed by atoms with Gasteiger partial charge in [0, 0.05) is 6.07 Å². The molecule has 1 unspecified atom stereocenters. The van der Waals surface area contributed by atoms with E-state index in [1.807, 2.05) is 13.0 Å². The highest BCUT2D eigenvalue weighted by Gasteiger charge is 2.25. The van der Waals surface area contributed by atoms with Crippen LogP contribution >= 0.6 is 0 Å². The lowest BCUT2D eigenvalue weighted by Crippen LogP contribution is -2.29. The summed E-state index contributed by atoms with van der Waals surface area (Å²) in [6, 6.07) is 7.52. The molecule has 0 amide bonds. The van der Waals surface area contributed by atoms with Crippen LogP contribution in [0.1, 0.15) is 37.2 Å². The molecule has 178 valence electrons. The van der Waals surface area contributed by atoms with Crippen LogP contribution in [-0.2, 0) is 0 Å². The summed E-state index contributed by atoms with van der Waals surface area (Å²) in [5.41, 5.74) is 10.4. The molecular weight excluding hydrogens is 461 g/mol. The Balaban J connectivity index is 2.02. The number of nitrogens with two attached hydrogens (primary N) is 2. The fraction of sp³-hybridized carbons (Fsp3) is 0.174. The summed E-state index contributed by atoms with van der Waals surface area (Å²) in [5, 5.41) is 12.2. The zero-order chi connectivity index (χ0) is 25.3. The summed E-state index contributed by atoms with van der Waals surface area (Å²) in [6.45, 7) is 1.85. The van der Waals surface area contributed by atoms with Gasteiger partial charge in [0.1, 0.15) is 46.1 Å². The number of benzene rings is 2. The van der Waals surface area contributed by atoms with Gasteiger partial charge in [0.15, 0.2) is 5.82 Å². The van der Waals surface area contributed by atoms with Crippen molar-refractivity contribution in [3.63, 3.8) is 0 Å². The minimum Gasteiger partial charge on any atom is -0.382 e. The molecule has 0 fully saturated rings. The molecule has 35 heavy (non-hydrogen) atoms. The highest BCUT2D eigenvalue weighted by atomic mass is 19.1. The predicted octanol–water partition coefficient (Wildman–Crippen LogP) is 3.58. The number of rotatable bonds is 6. The number of hydrogen-bond donors (Lipinski definition) is 3. The molecule has 1 atom stereocenters. The van der Waals surface area contributed by atoms with E-state index >= 15 is 0 Å². The van der Waals surface area contributed by atoms with Gasteiger partial charge in [-0.05, 0) is 30.7 Å². The van der Waals surface area contributed by atoms with Crippen LogP contribution in [0.5, 0.6) is 0 Å². The Labute approximate surface area is 196 Å². The highest BCUT2D eigenvalue weighted by molar-refractivity contribution is 5.79. The average Bonchev–Trinajstić information content (AvgIpc) is 2.77. The third kappa shape index (κ3) is 4.43. The summed E-state index contributed by atoms with van der Waals surface area (Å²) >= 11 is 0. The molecule has 2 aromatic heterocycles. The van der Waals surface area contributed by atoms with E-state index in [2.05, 4.69) is 20.3 Å². The van der Waals surface area contributed by atoms with E-state index in [1.165, 1.54) is 12.1 Å². The van der Waals surface area contributed by atoms with Gasteiger partial charge in [-0.25, -0.2) is 18.2 Å². The van der Waals surface area contributed by atoms with Crippen LogP contribution in [0.3, 0.4) is 0 Å². The van der Waals surface area contributed by atoms with Gasteiger partial charge in [0.05, 0.1) is 17.2 Å². The maximum atomic E-state index is 14.6. The molecule has 0 radical (unpaired) electrons. The maximum absolute atomic E-state index is 14.6. The van der Waals surface area contributed by atoms with E-state index in [4.69, 9.17) is 11.5 Å². The Kier molecular flexibility index (Phi) is 6.24. The second kappa shape index (κ2) is 9.30. The normalized spacial score (nSPS) is 11.9. The number of anilines is 3. The van der Waals surface area contributed by atoms with Gasteiger partial charge in [-0.15, -0.1) is 0 Å². The van der Waals surface area contributed by atoms with Crippen LogP contribution in [0, 0.1) is 28.8 Å². The molecule has 0 saturated heterocycles. The first kappa shape index (κ1) is 23.5. The number of aromatic nitrogens is 4. The Bertz CT molecular complexity index is 1530. The van der Waals surface area contributed by atoms with Gasteiger partial charge in [0.2, 0.25) is 5.95 Å². The fourth-order valence-electron chi connectivity index (χ4n) is 3.79. The molecule has 4 rings (SSSR count). The van der Waals surface area contributed by atoms with Crippen LogP contribution < -0.4 is 22.3 Å². The van der Waals surface area contributed by atoms with Crippen LogP contribution in [0.2, 0.25) is 0 Å². The van der Waals surface area contributed by atoms with E-state index < -0.39 is 29.1 Å². The van der Waals surface area contributed by atoms with Crippen LogP contribution in [0.15, 0.2) is 41.2 Å². The van der Waals surface area contributed by atoms with Gasteiger partial charge < -0.3 is 16.8 Å². The van der Waals surface area contributed by atoms with Crippen LogP contribution in [0.4, 0.5) is 30.8 Å². The smallest absolute Gasteiger partial charge is 0.269 e. The largest absolute Gasteiger partial charge is 0.382 e. The SMILES string of the molecule is CCCC(Nc1nc(N)nc(N)c1C#N)c1nc2cccc(F)c2c(=O)n1-c1cc(F)cc(F)c1. The lowest BCUT2D eigenvalue weighted by molar-refractivity contribution is 0.575. The second-order valence-electron chi connectivity index (χ2n) is 7.66. The minimum atomic E-state index is -0.936. The van der Waals surface area contributed by atoms with Crippen molar-refractivity contribution in [3.8, 4) is 11.8 Å². The third-order valence-electron chi connectivity index (χ3n) is 5.24. The molecule has 4 aromatic rings. The summed E-state index contributed by atoms with van der Waals surface area (Å²) in [7, 11) is 0. The zero-order valence-corrected chi connectivity index (χ0v) is 18.4. The maximum Gasteiger partial charge on any atom is 0.269 e. The van der Waals surface area contributed by atoms with E-state index in [-0.39, 0.29) is 45.6 Å². The number of nitrogens with one attached hydrogen (secondary N) is 1. The summed E-state index contributed by atoms with van der Waals surface area (Å²) < 4.78 is 43.8. The quantitative estimate of drug-likeness (QED) is 0.379. The number of nitriles is 1. The van der Waals surface area contributed by atoms with Crippen molar-refractivity contribution in [3.05, 3.63) is 75.6 Å². The number of nitrogen functional groups attached to an aromatic ring is 2. The van der Waals surface area contributed by atoms with Crippen molar-refractivity contribution in [2.24, 2.45) is 0 Å². The van der Waals surface area contributed by atoms with E-state index in [9.17, 15) is 23.2 Å². The van der Waals surface area contributed by atoms with Crippen molar-refractivity contribution >= 4 is 28.5 Å². The second-order valence-corrected chi connectivity index (χ2v) is 7.66. The number of hydrogen-bond acceptors (Lipinski definition) is 8. The summed E-state index contributed by atoms with van der Waals surface area (Å²) in [5.74, 6) is -3.06. The Hall–Kier alpha value is -4.66. The molecule has 5 N–H and O–H groups in total.